The highest BCUT2D eigenvalue weighted by molar-refractivity contribution is 7.80. The molecule has 1 aliphatic heterocycles. The van der Waals surface area contributed by atoms with Crippen LogP contribution in [0, 0.1) is 13.8 Å². The fourth-order valence-electron chi connectivity index (χ4n) is 3.23. The lowest BCUT2D eigenvalue weighted by molar-refractivity contribution is 0.164. The summed E-state index contributed by atoms with van der Waals surface area (Å²) in [5.74, 6) is 0. The van der Waals surface area contributed by atoms with Crippen molar-refractivity contribution in [2.75, 3.05) is 20.3 Å². The molecule has 3 rings (SSSR count). The quantitative estimate of drug-likeness (QED) is 0.826. The number of ether oxygens (including phenoxy) is 1. The molecule has 0 radical (unpaired) electrons. The second kappa shape index (κ2) is 6.68. The molecule has 0 aliphatic carbocycles. The summed E-state index contributed by atoms with van der Waals surface area (Å²) in [5, 5.41) is 4.19. The molecule has 2 atom stereocenters. The smallest absolute Gasteiger partial charge is 0.170 e. The normalized spacial score (nSPS) is 20.8. The van der Waals surface area contributed by atoms with E-state index in [1.807, 2.05) is 24.4 Å². The molecule has 2 aromatic rings. The van der Waals surface area contributed by atoms with Gasteiger partial charge in [0, 0.05) is 31.2 Å². The molecule has 6 heteroatoms. The second-order valence-corrected chi connectivity index (χ2v) is 6.23. The van der Waals surface area contributed by atoms with Gasteiger partial charge in [-0.1, -0.05) is 6.07 Å². The molecule has 3 heterocycles. The van der Waals surface area contributed by atoms with Crippen molar-refractivity contribution < 1.29 is 4.74 Å². The van der Waals surface area contributed by atoms with Crippen molar-refractivity contribution in [2.45, 2.75) is 25.9 Å². The monoisotopic (exact) mass is 330 g/mol. The summed E-state index contributed by atoms with van der Waals surface area (Å²) in [4.78, 5) is 10.1. The number of nitrogens with one attached hydrogen (secondary N) is 2. The third-order valence-electron chi connectivity index (χ3n) is 4.24. The van der Waals surface area contributed by atoms with Crippen LogP contribution < -0.4 is 5.32 Å². The molecule has 0 aromatic carbocycles. The van der Waals surface area contributed by atoms with Gasteiger partial charge in [-0.3, -0.25) is 4.98 Å². The maximum absolute atomic E-state index is 5.58. The number of methoxy groups -OCH3 is 1. The second-order valence-electron chi connectivity index (χ2n) is 5.85. The first-order chi connectivity index (χ1) is 11.1. The number of rotatable bonds is 5. The summed E-state index contributed by atoms with van der Waals surface area (Å²) < 4.78 is 5.26. The Morgan fingerprint density at radius 2 is 2.17 bits per heavy atom. The Balaban J connectivity index is 2.01. The minimum atomic E-state index is 0.0365. The summed E-state index contributed by atoms with van der Waals surface area (Å²) in [6.07, 6.45) is 1.82. The number of nitrogens with zero attached hydrogens (tertiary/aromatic N) is 2. The first-order valence-corrected chi connectivity index (χ1v) is 8.15. The van der Waals surface area contributed by atoms with Crippen LogP contribution in [-0.4, -0.2) is 40.2 Å². The van der Waals surface area contributed by atoms with Gasteiger partial charge in [-0.15, -0.1) is 0 Å². The van der Waals surface area contributed by atoms with E-state index < -0.39 is 0 Å². The van der Waals surface area contributed by atoms with Gasteiger partial charge in [-0.05, 0) is 49.8 Å². The van der Waals surface area contributed by atoms with Crippen LogP contribution in [0.3, 0.4) is 0 Å². The third-order valence-corrected chi connectivity index (χ3v) is 4.59. The summed E-state index contributed by atoms with van der Waals surface area (Å²) in [6, 6.07) is 8.33. The fourth-order valence-corrected chi connectivity index (χ4v) is 3.56. The summed E-state index contributed by atoms with van der Waals surface area (Å²) in [7, 11) is 1.71. The molecule has 0 amide bonds. The van der Waals surface area contributed by atoms with E-state index in [2.05, 4.69) is 40.1 Å². The number of hydrogen-bond donors (Lipinski definition) is 2. The van der Waals surface area contributed by atoms with Crippen LogP contribution >= 0.6 is 12.2 Å². The van der Waals surface area contributed by atoms with Crippen molar-refractivity contribution in [3.05, 3.63) is 53.1 Å². The lowest BCUT2D eigenvalue weighted by atomic mass is 9.97. The summed E-state index contributed by atoms with van der Waals surface area (Å²) >= 11 is 5.58. The molecule has 1 saturated heterocycles. The van der Waals surface area contributed by atoms with Crippen molar-refractivity contribution in [1.29, 1.82) is 0 Å². The van der Waals surface area contributed by atoms with Crippen molar-refractivity contribution in [2.24, 2.45) is 0 Å². The standard InChI is InChI=1S/C17H22N4OS/c1-11-10-13(12(2)19-11)16-15(14-6-4-5-7-18-14)20-17(23)21(16)8-9-22-3/h4-7,10,15-16,19H,8-9H2,1-3H3,(H,20,23)/t15-,16-/m0/s1. The zero-order valence-corrected chi connectivity index (χ0v) is 14.5. The van der Waals surface area contributed by atoms with Crippen molar-refractivity contribution in [3.63, 3.8) is 0 Å². The number of H-pyrrole nitrogens is 1. The molecule has 23 heavy (non-hydrogen) atoms. The first kappa shape index (κ1) is 16.0. The van der Waals surface area contributed by atoms with Gasteiger partial charge in [0.25, 0.3) is 0 Å². The van der Waals surface area contributed by atoms with Crippen LogP contribution in [-0.2, 0) is 4.74 Å². The molecular formula is C17H22N4OS. The highest BCUT2D eigenvalue weighted by Crippen LogP contribution is 2.39. The van der Waals surface area contributed by atoms with E-state index in [1.54, 1.807) is 7.11 Å². The van der Waals surface area contributed by atoms with Gasteiger partial charge < -0.3 is 19.9 Å². The molecule has 0 spiro atoms. The van der Waals surface area contributed by atoms with Crippen molar-refractivity contribution in [3.8, 4) is 0 Å². The van der Waals surface area contributed by atoms with Gasteiger partial charge in [-0.25, -0.2) is 0 Å². The van der Waals surface area contributed by atoms with Crippen LogP contribution in [0.1, 0.15) is 34.7 Å². The zero-order chi connectivity index (χ0) is 16.4. The molecule has 2 aromatic heterocycles. The Morgan fingerprint density at radius 1 is 1.35 bits per heavy atom. The van der Waals surface area contributed by atoms with Crippen LogP contribution in [0.15, 0.2) is 30.5 Å². The Bertz CT molecular complexity index is 685. The van der Waals surface area contributed by atoms with E-state index in [-0.39, 0.29) is 12.1 Å². The average Bonchev–Trinajstić information content (AvgIpc) is 3.05. The number of aryl methyl sites for hydroxylation is 2. The first-order valence-electron chi connectivity index (χ1n) is 7.75. The van der Waals surface area contributed by atoms with Crippen LogP contribution in [0.2, 0.25) is 0 Å². The minimum absolute atomic E-state index is 0.0365. The lowest BCUT2D eigenvalue weighted by Crippen LogP contribution is -2.32. The van der Waals surface area contributed by atoms with E-state index in [0.29, 0.717) is 6.61 Å². The van der Waals surface area contributed by atoms with Gasteiger partial charge in [0.1, 0.15) is 0 Å². The molecule has 5 nitrogen and oxygen atoms in total. The zero-order valence-electron chi connectivity index (χ0n) is 13.7. The largest absolute Gasteiger partial charge is 0.383 e. The predicted octanol–water partition coefficient (Wildman–Crippen LogP) is 2.65. The predicted molar refractivity (Wildman–Crippen MR) is 94.3 cm³/mol. The number of aromatic nitrogens is 2. The van der Waals surface area contributed by atoms with E-state index in [4.69, 9.17) is 17.0 Å². The van der Waals surface area contributed by atoms with Gasteiger partial charge in [0.15, 0.2) is 5.11 Å². The number of aromatic amines is 1. The molecule has 0 saturated carbocycles. The van der Waals surface area contributed by atoms with Crippen LogP contribution in [0.4, 0.5) is 0 Å². The maximum atomic E-state index is 5.58. The van der Waals surface area contributed by atoms with Gasteiger partial charge in [0.2, 0.25) is 0 Å². The third kappa shape index (κ3) is 3.09. The highest BCUT2D eigenvalue weighted by Gasteiger charge is 2.40. The summed E-state index contributed by atoms with van der Waals surface area (Å²) in [6.45, 7) is 5.57. The van der Waals surface area contributed by atoms with Crippen LogP contribution in [0.5, 0.6) is 0 Å². The molecule has 2 N–H and O–H groups in total. The van der Waals surface area contributed by atoms with Gasteiger partial charge >= 0.3 is 0 Å². The Hall–Kier alpha value is -1.92. The van der Waals surface area contributed by atoms with Crippen molar-refractivity contribution >= 4 is 17.3 Å². The molecule has 0 unspecified atom stereocenters. The molecule has 122 valence electrons. The van der Waals surface area contributed by atoms with Gasteiger partial charge in [0.05, 0.1) is 24.4 Å². The van der Waals surface area contributed by atoms with E-state index in [1.165, 1.54) is 11.3 Å². The van der Waals surface area contributed by atoms with E-state index in [0.717, 1.165) is 23.0 Å². The average molecular weight is 330 g/mol. The topological polar surface area (TPSA) is 53.2 Å². The van der Waals surface area contributed by atoms with Gasteiger partial charge in [-0.2, -0.15) is 0 Å². The molecular weight excluding hydrogens is 308 g/mol. The lowest BCUT2D eigenvalue weighted by Gasteiger charge is -2.27. The SMILES string of the molecule is COCCN1C(=S)N[C@@H](c2ccccn2)[C@@H]1c1cc(C)[nH]c1C. The van der Waals surface area contributed by atoms with Crippen molar-refractivity contribution in [1.82, 2.24) is 20.2 Å². The number of thiocarbonyl (C=S) groups is 1. The maximum Gasteiger partial charge on any atom is 0.170 e. The Morgan fingerprint density at radius 3 is 2.78 bits per heavy atom. The molecule has 0 bridgehead atoms. The van der Waals surface area contributed by atoms with Crippen LogP contribution in [0.25, 0.3) is 0 Å². The Labute approximate surface area is 142 Å². The van der Waals surface area contributed by atoms with E-state index >= 15 is 0 Å². The molecule has 1 fully saturated rings. The van der Waals surface area contributed by atoms with E-state index in [9.17, 15) is 0 Å². The fraction of sp³-hybridized carbons (Fsp3) is 0.412. The number of pyridine rings is 1. The molecule has 1 aliphatic rings. The number of hydrogen-bond acceptors (Lipinski definition) is 3. The highest BCUT2D eigenvalue weighted by atomic mass is 32.1. The summed E-state index contributed by atoms with van der Waals surface area (Å²) in [5.41, 5.74) is 4.57. The minimum Gasteiger partial charge on any atom is -0.383 e. The Kier molecular flexibility index (Phi) is 4.63.